The highest BCUT2D eigenvalue weighted by atomic mass is 127. The Hall–Kier alpha value is -0.550. The van der Waals surface area contributed by atoms with Crippen molar-refractivity contribution in [3.8, 4) is 0 Å². The van der Waals surface area contributed by atoms with Crippen LogP contribution < -0.4 is 5.32 Å². The number of nitrogens with zero attached hydrogens (tertiary/aromatic N) is 6. The van der Waals surface area contributed by atoms with Crippen molar-refractivity contribution < 1.29 is 0 Å². The first-order valence-electron chi connectivity index (χ1n) is 10.2. The number of guanidine groups is 1. The number of halogens is 1. The van der Waals surface area contributed by atoms with E-state index in [0.717, 1.165) is 76.4 Å². The topological polar surface area (TPSA) is 61.6 Å². The minimum Gasteiger partial charge on any atom is -0.354 e. The molecule has 9 heteroatoms. The fourth-order valence-electron chi connectivity index (χ4n) is 3.35. The van der Waals surface area contributed by atoms with Crippen molar-refractivity contribution in [3.63, 3.8) is 0 Å². The van der Waals surface area contributed by atoms with E-state index in [9.17, 15) is 0 Å². The molecule has 1 aromatic rings. The van der Waals surface area contributed by atoms with Crippen LogP contribution in [0.15, 0.2) is 11.3 Å². The quantitative estimate of drug-likeness (QED) is 0.220. The lowest BCUT2D eigenvalue weighted by atomic mass is 10.2. The number of aromatic nitrogens is 3. The van der Waals surface area contributed by atoms with Crippen molar-refractivity contribution >= 4 is 41.7 Å². The van der Waals surface area contributed by atoms with E-state index in [4.69, 9.17) is 4.99 Å². The molecule has 1 aromatic heterocycles. The second-order valence-electron chi connectivity index (χ2n) is 7.45. The molecule has 0 radical (unpaired) electrons. The van der Waals surface area contributed by atoms with Crippen molar-refractivity contribution in [3.05, 3.63) is 12.2 Å². The summed E-state index contributed by atoms with van der Waals surface area (Å²) < 4.78 is 2.12. The molecule has 0 atom stereocenters. The second kappa shape index (κ2) is 14.4. The van der Waals surface area contributed by atoms with Gasteiger partial charge in [0.05, 0.1) is 0 Å². The molecule has 0 bridgehead atoms. The van der Waals surface area contributed by atoms with Crippen LogP contribution in [0.5, 0.6) is 0 Å². The van der Waals surface area contributed by atoms with Crippen LogP contribution in [0.1, 0.15) is 33.0 Å². The molecule has 2 heterocycles. The summed E-state index contributed by atoms with van der Waals surface area (Å²) in [5.41, 5.74) is 0. The van der Waals surface area contributed by atoms with E-state index in [1.165, 1.54) is 12.3 Å². The van der Waals surface area contributed by atoms with Crippen molar-refractivity contribution in [1.82, 2.24) is 29.9 Å². The number of aliphatic imine (C=N–C) groups is 1. The van der Waals surface area contributed by atoms with Gasteiger partial charge in [-0.15, -0.1) is 34.2 Å². The van der Waals surface area contributed by atoms with E-state index in [1.807, 2.05) is 18.1 Å². The van der Waals surface area contributed by atoms with Crippen LogP contribution in [-0.4, -0.2) is 88.3 Å². The summed E-state index contributed by atoms with van der Waals surface area (Å²) in [5.74, 6) is 3.99. The molecule has 162 valence electrons. The Balaban J connectivity index is 0.00000392. The van der Waals surface area contributed by atoms with Gasteiger partial charge in [-0.1, -0.05) is 20.8 Å². The highest BCUT2D eigenvalue weighted by Crippen LogP contribution is 2.06. The minimum atomic E-state index is 0. The maximum absolute atomic E-state index is 4.89. The van der Waals surface area contributed by atoms with Crippen LogP contribution in [0.4, 0.5) is 0 Å². The summed E-state index contributed by atoms with van der Waals surface area (Å²) in [5, 5.41) is 11.8. The van der Waals surface area contributed by atoms with Crippen molar-refractivity contribution in [2.24, 2.45) is 10.9 Å². The maximum atomic E-state index is 4.89. The maximum Gasteiger partial charge on any atom is 0.194 e. The molecule has 0 saturated carbocycles. The average Bonchev–Trinajstić information content (AvgIpc) is 3.11. The normalized spacial score (nSPS) is 15.8. The number of piperazine rings is 1. The van der Waals surface area contributed by atoms with Gasteiger partial charge in [-0.2, -0.15) is 11.8 Å². The molecular formula is C19H38IN7S. The number of aryl methyl sites for hydroxylation is 1. The van der Waals surface area contributed by atoms with Crippen LogP contribution >= 0.6 is 35.7 Å². The van der Waals surface area contributed by atoms with Crippen molar-refractivity contribution in [2.75, 3.05) is 57.8 Å². The van der Waals surface area contributed by atoms with Gasteiger partial charge in [0.2, 0.25) is 0 Å². The molecule has 0 aromatic carbocycles. The van der Waals surface area contributed by atoms with E-state index in [2.05, 4.69) is 56.9 Å². The van der Waals surface area contributed by atoms with Crippen LogP contribution in [-0.2, 0) is 13.0 Å². The summed E-state index contributed by atoms with van der Waals surface area (Å²) in [6.45, 7) is 14.8. The molecule has 1 fully saturated rings. The van der Waals surface area contributed by atoms with Gasteiger partial charge in [0.15, 0.2) is 5.96 Å². The first-order chi connectivity index (χ1) is 13.1. The smallest absolute Gasteiger partial charge is 0.194 e. The Morgan fingerprint density at radius 2 is 2.04 bits per heavy atom. The Morgan fingerprint density at radius 1 is 1.29 bits per heavy atom. The summed E-state index contributed by atoms with van der Waals surface area (Å²) in [6, 6.07) is 0. The lowest BCUT2D eigenvalue weighted by molar-refractivity contribution is 0.164. The van der Waals surface area contributed by atoms with Crippen LogP contribution in [0.25, 0.3) is 0 Å². The van der Waals surface area contributed by atoms with Gasteiger partial charge in [-0.3, -0.25) is 9.89 Å². The molecule has 7 nitrogen and oxygen atoms in total. The Kier molecular flexibility index (Phi) is 13.1. The van der Waals surface area contributed by atoms with Crippen LogP contribution in [0.3, 0.4) is 0 Å². The number of hydrogen-bond donors (Lipinski definition) is 1. The predicted molar refractivity (Wildman–Crippen MR) is 131 cm³/mol. The molecule has 1 aliphatic rings. The molecule has 1 aliphatic heterocycles. The first-order valence-corrected chi connectivity index (χ1v) is 11.6. The summed E-state index contributed by atoms with van der Waals surface area (Å²) in [4.78, 5) is 9.88. The third-order valence-corrected chi connectivity index (χ3v) is 5.41. The molecule has 2 rings (SSSR count). The Bertz CT molecular complexity index is 556. The zero-order valence-electron chi connectivity index (χ0n) is 17.9. The Labute approximate surface area is 192 Å². The monoisotopic (exact) mass is 523 g/mol. The zero-order chi connectivity index (χ0) is 19.5. The predicted octanol–water partition coefficient (Wildman–Crippen LogP) is 2.43. The number of nitrogens with one attached hydrogen (secondary N) is 1. The van der Waals surface area contributed by atoms with Gasteiger partial charge in [0, 0.05) is 58.8 Å². The third-order valence-electron chi connectivity index (χ3n) is 4.71. The fourth-order valence-corrected chi connectivity index (χ4v) is 3.77. The number of rotatable bonds is 10. The second-order valence-corrected chi connectivity index (χ2v) is 8.44. The molecule has 28 heavy (non-hydrogen) atoms. The summed E-state index contributed by atoms with van der Waals surface area (Å²) >= 11 is 1.89. The molecule has 1 N–H and O–H groups in total. The van der Waals surface area contributed by atoms with E-state index >= 15 is 0 Å². The number of hydrogen-bond acceptors (Lipinski definition) is 5. The van der Waals surface area contributed by atoms with Crippen LogP contribution in [0.2, 0.25) is 0 Å². The number of thioether (sulfide) groups is 1. The molecule has 0 spiro atoms. The van der Waals surface area contributed by atoms with Gasteiger partial charge in [0.25, 0.3) is 0 Å². The van der Waals surface area contributed by atoms with Gasteiger partial charge in [-0.05, 0) is 24.3 Å². The van der Waals surface area contributed by atoms with Crippen LogP contribution in [0, 0.1) is 5.92 Å². The van der Waals surface area contributed by atoms with E-state index in [1.54, 1.807) is 0 Å². The highest BCUT2D eigenvalue weighted by molar-refractivity contribution is 14.0. The summed E-state index contributed by atoms with van der Waals surface area (Å²) in [7, 11) is 0. The van der Waals surface area contributed by atoms with Gasteiger partial charge in [-0.25, -0.2) is 0 Å². The SMILES string of the molecule is CCc1nncn1CCNC(=NCCCSC)N1CCN(CC(C)C)CC1.I. The minimum absolute atomic E-state index is 0. The lowest BCUT2D eigenvalue weighted by Crippen LogP contribution is -2.53. The first kappa shape index (κ1) is 25.5. The third kappa shape index (κ3) is 8.86. The fraction of sp³-hybridized carbons (Fsp3) is 0.842. The molecule has 0 aliphatic carbocycles. The molecule has 0 unspecified atom stereocenters. The van der Waals surface area contributed by atoms with Crippen molar-refractivity contribution in [1.29, 1.82) is 0 Å². The lowest BCUT2D eigenvalue weighted by Gasteiger charge is -2.37. The largest absolute Gasteiger partial charge is 0.354 e. The molecular weight excluding hydrogens is 485 g/mol. The van der Waals surface area contributed by atoms with E-state index in [-0.39, 0.29) is 24.0 Å². The van der Waals surface area contributed by atoms with Gasteiger partial charge in [0.1, 0.15) is 12.2 Å². The average molecular weight is 524 g/mol. The van der Waals surface area contributed by atoms with E-state index in [0.29, 0.717) is 0 Å². The van der Waals surface area contributed by atoms with Crippen molar-refractivity contribution in [2.45, 2.75) is 40.2 Å². The standard InChI is InChI=1S/C19H37N7S.HI/c1-5-18-23-22-16-26(18)9-8-21-19(20-7-6-14-27-4)25-12-10-24(11-13-25)15-17(2)3;/h16-17H,5-15H2,1-4H3,(H,20,21);1H. The molecule has 1 saturated heterocycles. The summed E-state index contributed by atoms with van der Waals surface area (Å²) in [6.07, 6.45) is 6.01. The van der Waals surface area contributed by atoms with E-state index < -0.39 is 0 Å². The zero-order valence-corrected chi connectivity index (χ0v) is 21.1. The Morgan fingerprint density at radius 3 is 2.68 bits per heavy atom. The highest BCUT2D eigenvalue weighted by Gasteiger charge is 2.20. The molecule has 0 amide bonds. The van der Waals surface area contributed by atoms with Gasteiger partial charge < -0.3 is 14.8 Å². The van der Waals surface area contributed by atoms with Gasteiger partial charge >= 0.3 is 0 Å².